The molecule has 86 valence electrons. The number of hydrogen-bond acceptors (Lipinski definition) is 3. The molecule has 0 bridgehead atoms. The SMILES string of the molecule is CCC(C)C(=O)NC1(C(=O)O)CCOC1. The Morgan fingerprint density at radius 2 is 2.27 bits per heavy atom. The minimum Gasteiger partial charge on any atom is -0.479 e. The van der Waals surface area contributed by atoms with Gasteiger partial charge in [0.15, 0.2) is 5.54 Å². The number of ether oxygens (including phenoxy) is 1. The molecule has 2 N–H and O–H groups in total. The Balaban J connectivity index is 2.67. The van der Waals surface area contributed by atoms with Gasteiger partial charge in [-0.25, -0.2) is 4.79 Å². The molecule has 0 saturated carbocycles. The van der Waals surface area contributed by atoms with E-state index in [1.165, 1.54) is 0 Å². The monoisotopic (exact) mass is 215 g/mol. The summed E-state index contributed by atoms with van der Waals surface area (Å²) in [4.78, 5) is 22.7. The largest absolute Gasteiger partial charge is 0.479 e. The van der Waals surface area contributed by atoms with Crippen LogP contribution < -0.4 is 5.32 Å². The highest BCUT2D eigenvalue weighted by molar-refractivity contribution is 5.88. The van der Waals surface area contributed by atoms with Crippen LogP contribution >= 0.6 is 0 Å². The summed E-state index contributed by atoms with van der Waals surface area (Å²) in [6, 6.07) is 0. The molecule has 1 aliphatic heterocycles. The molecular formula is C10H17NO4. The number of carbonyl (C=O) groups excluding carboxylic acids is 1. The normalized spacial score (nSPS) is 27.3. The zero-order valence-corrected chi connectivity index (χ0v) is 9.08. The van der Waals surface area contributed by atoms with Crippen LogP contribution in [-0.4, -0.2) is 35.7 Å². The van der Waals surface area contributed by atoms with Crippen LogP contribution in [0.15, 0.2) is 0 Å². The van der Waals surface area contributed by atoms with Crippen molar-refractivity contribution in [3.8, 4) is 0 Å². The maximum Gasteiger partial charge on any atom is 0.331 e. The second-order valence-corrected chi connectivity index (χ2v) is 3.99. The van der Waals surface area contributed by atoms with Crippen molar-refractivity contribution in [2.75, 3.05) is 13.2 Å². The molecular weight excluding hydrogens is 198 g/mol. The predicted octanol–water partition coefficient (Wildman–Crippen LogP) is 0.392. The number of amides is 1. The van der Waals surface area contributed by atoms with Gasteiger partial charge in [-0.2, -0.15) is 0 Å². The number of hydrogen-bond donors (Lipinski definition) is 2. The van der Waals surface area contributed by atoms with E-state index in [-0.39, 0.29) is 18.4 Å². The summed E-state index contributed by atoms with van der Waals surface area (Å²) in [5.41, 5.74) is -1.21. The minimum atomic E-state index is -1.21. The standard InChI is InChI=1S/C10H17NO4/c1-3-7(2)8(12)11-10(9(13)14)4-5-15-6-10/h7H,3-6H2,1-2H3,(H,11,12)(H,13,14). The topological polar surface area (TPSA) is 75.6 Å². The highest BCUT2D eigenvalue weighted by atomic mass is 16.5. The van der Waals surface area contributed by atoms with Crippen molar-refractivity contribution in [1.82, 2.24) is 5.32 Å². The predicted molar refractivity (Wildman–Crippen MR) is 53.4 cm³/mol. The molecule has 1 saturated heterocycles. The molecule has 1 heterocycles. The van der Waals surface area contributed by atoms with E-state index < -0.39 is 11.5 Å². The van der Waals surface area contributed by atoms with Crippen LogP contribution in [0.1, 0.15) is 26.7 Å². The second kappa shape index (κ2) is 4.61. The Bertz CT molecular complexity index is 258. The van der Waals surface area contributed by atoms with Crippen LogP contribution in [-0.2, 0) is 14.3 Å². The van der Waals surface area contributed by atoms with Gasteiger partial charge in [-0.15, -0.1) is 0 Å². The molecule has 0 aliphatic carbocycles. The van der Waals surface area contributed by atoms with E-state index in [4.69, 9.17) is 9.84 Å². The highest BCUT2D eigenvalue weighted by Crippen LogP contribution is 2.19. The van der Waals surface area contributed by atoms with Crippen molar-refractivity contribution in [3.05, 3.63) is 0 Å². The quantitative estimate of drug-likeness (QED) is 0.711. The molecule has 1 fully saturated rings. The third-order valence-electron chi connectivity index (χ3n) is 2.85. The maximum absolute atomic E-state index is 11.6. The van der Waals surface area contributed by atoms with Gasteiger partial charge in [-0.3, -0.25) is 4.79 Å². The average molecular weight is 215 g/mol. The van der Waals surface area contributed by atoms with E-state index in [9.17, 15) is 9.59 Å². The molecule has 2 atom stereocenters. The molecule has 0 aromatic heterocycles. The number of aliphatic carboxylic acids is 1. The fraction of sp³-hybridized carbons (Fsp3) is 0.800. The average Bonchev–Trinajstić information content (AvgIpc) is 2.66. The molecule has 5 nitrogen and oxygen atoms in total. The summed E-state index contributed by atoms with van der Waals surface area (Å²) in [6.45, 7) is 4.11. The smallest absolute Gasteiger partial charge is 0.331 e. The lowest BCUT2D eigenvalue weighted by atomic mass is 9.97. The first kappa shape index (κ1) is 12.0. The van der Waals surface area contributed by atoms with Crippen LogP contribution in [0.25, 0.3) is 0 Å². The van der Waals surface area contributed by atoms with Gasteiger partial charge < -0.3 is 15.2 Å². The van der Waals surface area contributed by atoms with Crippen molar-refractivity contribution >= 4 is 11.9 Å². The summed E-state index contributed by atoms with van der Waals surface area (Å²) in [6.07, 6.45) is 1.03. The van der Waals surface area contributed by atoms with Crippen LogP contribution in [0.4, 0.5) is 0 Å². The first-order chi connectivity index (χ1) is 7.02. The van der Waals surface area contributed by atoms with Crippen LogP contribution in [0, 0.1) is 5.92 Å². The molecule has 0 radical (unpaired) electrons. The van der Waals surface area contributed by atoms with Gasteiger partial charge in [0.25, 0.3) is 0 Å². The summed E-state index contributed by atoms with van der Waals surface area (Å²) in [5, 5.41) is 11.7. The van der Waals surface area contributed by atoms with E-state index in [1.807, 2.05) is 6.92 Å². The van der Waals surface area contributed by atoms with Crippen molar-refractivity contribution < 1.29 is 19.4 Å². The number of carboxylic acids is 1. The van der Waals surface area contributed by atoms with Crippen LogP contribution in [0.3, 0.4) is 0 Å². The molecule has 1 rings (SSSR count). The summed E-state index contributed by atoms with van der Waals surface area (Å²) >= 11 is 0. The third kappa shape index (κ3) is 2.47. The van der Waals surface area contributed by atoms with Gasteiger partial charge in [-0.05, 0) is 6.42 Å². The molecule has 0 aromatic carbocycles. The molecule has 1 amide bonds. The van der Waals surface area contributed by atoms with E-state index in [0.717, 1.165) is 0 Å². The van der Waals surface area contributed by atoms with Crippen molar-refractivity contribution in [3.63, 3.8) is 0 Å². The van der Waals surface area contributed by atoms with Gasteiger partial charge in [0.2, 0.25) is 5.91 Å². The fourth-order valence-corrected chi connectivity index (χ4v) is 1.43. The Kier molecular flexibility index (Phi) is 3.68. The Hall–Kier alpha value is -1.10. The summed E-state index contributed by atoms with van der Waals surface area (Å²) < 4.78 is 5.04. The van der Waals surface area contributed by atoms with Gasteiger partial charge in [0, 0.05) is 18.9 Å². The summed E-state index contributed by atoms with van der Waals surface area (Å²) in [5.74, 6) is -1.40. The van der Waals surface area contributed by atoms with Gasteiger partial charge in [-0.1, -0.05) is 13.8 Å². The molecule has 5 heteroatoms. The molecule has 15 heavy (non-hydrogen) atoms. The van der Waals surface area contributed by atoms with Crippen LogP contribution in [0.5, 0.6) is 0 Å². The highest BCUT2D eigenvalue weighted by Gasteiger charge is 2.44. The van der Waals surface area contributed by atoms with Gasteiger partial charge in [0.1, 0.15) is 0 Å². The zero-order chi connectivity index (χ0) is 11.5. The second-order valence-electron chi connectivity index (χ2n) is 3.99. The first-order valence-corrected chi connectivity index (χ1v) is 5.15. The van der Waals surface area contributed by atoms with Gasteiger partial charge in [0.05, 0.1) is 6.61 Å². The lowest BCUT2D eigenvalue weighted by Gasteiger charge is -2.25. The number of carboxylic acid groups (broad SMARTS) is 1. The Labute approximate surface area is 88.8 Å². The lowest BCUT2D eigenvalue weighted by Crippen LogP contribution is -2.56. The fourth-order valence-electron chi connectivity index (χ4n) is 1.43. The Morgan fingerprint density at radius 1 is 1.60 bits per heavy atom. The van der Waals surface area contributed by atoms with E-state index in [2.05, 4.69) is 5.32 Å². The summed E-state index contributed by atoms with van der Waals surface area (Å²) in [7, 11) is 0. The third-order valence-corrected chi connectivity index (χ3v) is 2.85. The van der Waals surface area contributed by atoms with E-state index in [0.29, 0.717) is 19.4 Å². The number of carbonyl (C=O) groups is 2. The van der Waals surface area contributed by atoms with Crippen LogP contribution in [0.2, 0.25) is 0 Å². The first-order valence-electron chi connectivity index (χ1n) is 5.15. The van der Waals surface area contributed by atoms with Crippen molar-refractivity contribution in [2.24, 2.45) is 5.92 Å². The molecule has 1 aliphatic rings. The maximum atomic E-state index is 11.6. The van der Waals surface area contributed by atoms with Gasteiger partial charge >= 0.3 is 5.97 Å². The molecule has 2 unspecified atom stereocenters. The lowest BCUT2D eigenvalue weighted by molar-refractivity contribution is -0.148. The number of nitrogens with one attached hydrogen (secondary N) is 1. The Morgan fingerprint density at radius 3 is 2.67 bits per heavy atom. The van der Waals surface area contributed by atoms with E-state index >= 15 is 0 Å². The zero-order valence-electron chi connectivity index (χ0n) is 9.08. The van der Waals surface area contributed by atoms with Crippen molar-refractivity contribution in [2.45, 2.75) is 32.2 Å². The molecule has 0 spiro atoms. The number of rotatable bonds is 4. The molecule has 0 aromatic rings. The van der Waals surface area contributed by atoms with E-state index in [1.54, 1.807) is 6.92 Å². The minimum absolute atomic E-state index is 0.0600. The van der Waals surface area contributed by atoms with Crippen molar-refractivity contribution in [1.29, 1.82) is 0 Å².